The van der Waals surface area contributed by atoms with E-state index in [9.17, 15) is 4.79 Å². The second kappa shape index (κ2) is 8.58. The molecule has 6 nitrogen and oxygen atoms in total. The minimum absolute atomic E-state index is 0.103. The Labute approximate surface area is 195 Å². The number of amides is 1. The minimum atomic E-state index is -0.402. The number of hydrogen-bond acceptors (Lipinski definition) is 5. The van der Waals surface area contributed by atoms with Gasteiger partial charge in [0.1, 0.15) is 0 Å². The van der Waals surface area contributed by atoms with Crippen molar-refractivity contribution in [3.05, 3.63) is 58.8 Å². The lowest BCUT2D eigenvalue weighted by molar-refractivity contribution is 0.0929. The van der Waals surface area contributed by atoms with Crippen molar-refractivity contribution in [2.75, 3.05) is 12.0 Å². The van der Waals surface area contributed by atoms with E-state index in [2.05, 4.69) is 69.1 Å². The smallest absolute Gasteiger partial charge is 0.307 e. The van der Waals surface area contributed by atoms with Crippen molar-refractivity contribution in [3.8, 4) is 5.75 Å². The largest absolute Gasteiger partial charge is 0.493 e. The Kier molecular flexibility index (Phi) is 5.95. The molecule has 0 fully saturated rings. The number of methoxy groups -OCH3 is 1. The van der Waals surface area contributed by atoms with Crippen molar-refractivity contribution in [2.45, 2.75) is 65.5 Å². The highest BCUT2D eigenvalue weighted by molar-refractivity contribution is 5.97. The van der Waals surface area contributed by atoms with Gasteiger partial charge in [-0.15, -0.1) is 0 Å². The van der Waals surface area contributed by atoms with Gasteiger partial charge in [0.25, 0.3) is 0 Å². The van der Waals surface area contributed by atoms with Crippen LogP contribution < -0.4 is 15.1 Å². The lowest BCUT2D eigenvalue weighted by atomic mass is 9.78. The van der Waals surface area contributed by atoms with Gasteiger partial charge >= 0.3 is 5.91 Å². The summed E-state index contributed by atoms with van der Waals surface area (Å²) in [5.74, 6) is 0.823. The highest BCUT2D eigenvalue weighted by atomic mass is 16.5. The average Bonchev–Trinajstić information content (AvgIpc) is 3.18. The van der Waals surface area contributed by atoms with Crippen molar-refractivity contribution < 1.29 is 13.9 Å². The molecule has 2 heterocycles. The van der Waals surface area contributed by atoms with Gasteiger partial charge in [-0.2, -0.15) is 5.10 Å². The number of hydrazone groups is 1. The lowest BCUT2D eigenvalue weighted by Crippen LogP contribution is -2.51. The summed E-state index contributed by atoms with van der Waals surface area (Å²) < 4.78 is 11.0. The molecule has 0 saturated heterocycles. The van der Waals surface area contributed by atoms with Crippen molar-refractivity contribution in [3.63, 3.8) is 0 Å². The molecule has 1 amide bonds. The molecule has 4 rings (SSSR count). The molecule has 3 aromatic rings. The summed E-state index contributed by atoms with van der Waals surface area (Å²) >= 11 is 0. The molecule has 174 valence electrons. The van der Waals surface area contributed by atoms with Crippen LogP contribution in [0.3, 0.4) is 0 Å². The second-order valence-electron chi connectivity index (χ2n) is 9.84. The van der Waals surface area contributed by atoms with Gasteiger partial charge in [-0.05, 0) is 87.9 Å². The molecule has 1 aliphatic heterocycles. The van der Waals surface area contributed by atoms with E-state index in [0.29, 0.717) is 23.3 Å². The Morgan fingerprint density at radius 3 is 2.76 bits per heavy atom. The van der Waals surface area contributed by atoms with Gasteiger partial charge in [-0.25, -0.2) is 5.43 Å². The fourth-order valence-electron chi connectivity index (χ4n) is 5.25. The highest BCUT2D eigenvalue weighted by Crippen LogP contribution is 2.45. The number of benzene rings is 2. The van der Waals surface area contributed by atoms with E-state index >= 15 is 0 Å². The molecule has 1 aromatic heterocycles. The topological polar surface area (TPSA) is 67.1 Å². The van der Waals surface area contributed by atoms with E-state index < -0.39 is 5.91 Å². The number of nitrogens with one attached hydrogen (secondary N) is 1. The summed E-state index contributed by atoms with van der Waals surface area (Å²) in [6.45, 7) is 13.5. The lowest BCUT2D eigenvalue weighted by Gasteiger charge is -2.50. The molecule has 0 radical (unpaired) electrons. The molecule has 33 heavy (non-hydrogen) atoms. The monoisotopic (exact) mass is 447 g/mol. The normalized spacial score (nSPS) is 17.6. The van der Waals surface area contributed by atoms with Crippen LogP contribution in [0.25, 0.3) is 11.0 Å². The Morgan fingerprint density at radius 1 is 1.30 bits per heavy atom. The van der Waals surface area contributed by atoms with Gasteiger partial charge in [0.05, 0.1) is 13.3 Å². The van der Waals surface area contributed by atoms with Crippen LogP contribution in [0.4, 0.5) is 5.69 Å². The number of ether oxygens (including phenoxy) is 1. The van der Waals surface area contributed by atoms with Crippen LogP contribution in [-0.2, 0) is 0 Å². The van der Waals surface area contributed by atoms with Crippen LogP contribution in [0.1, 0.15) is 74.2 Å². The van der Waals surface area contributed by atoms with E-state index in [1.165, 1.54) is 11.3 Å². The summed E-state index contributed by atoms with van der Waals surface area (Å²) in [7, 11) is 1.57. The third-order valence-electron chi connectivity index (χ3n) is 6.50. The number of carbonyl (C=O) groups excluding carboxylic acids is 1. The fourth-order valence-corrected chi connectivity index (χ4v) is 5.25. The van der Waals surface area contributed by atoms with Crippen LogP contribution in [-0.4, -0.2) is 30.8 Å². The van der Waals surface area contributed by atoms with Gasteiger partial charge in [0.2, 0.25) is 0 Å². The number of para-hydroxylation sites is 1. The highest BCUT2D eigenvalue weighted by Gasteiger charge is 2.37. The first-order valence-corrected chi connectivity index (χ1v) is 11.5. The van der Waals surface area contributed by atoms with Crippen molar-refractivity contribution in [1.29, 1.82) is 0 Å². The summed E-state index contributed by atoms with van der Waals surface area (Å²) in [6, 6.07) is 12.1. The van der Waals surface area contributed by atoms with Gasteiger partial charge < -0.3 is 14.1 Å². The number of carbonyl (C=O) groups is 1. The Hall–Kier alpha value is -3.28. The molecular weight excluding hydrogens is 414 g/mol. The van der Waals surface area contributed by atoms with Crippen molar-refractivity contribution >= 4 is 28.8 Å². The Balaban J connectivity index is 1.57. The van der Waals surface area contributed by atoms with Gasteiger partial charge in [-0.1, -0.05) is 19.1 Å². The fraction of sp³-hybridized carbons (Fsp3) is 0.407. The van der Waals surface area contributed by atoms with Crippen LogP contribution in [0.15, 0.2) is 45.9 Å². The first kappa shape index (κ1) is 22.9. The number of fused-ring (bicyclic) bond motifs is 2. The molecule has 1 atom stereocenters. The van der Waals surface area contributed by atoms with Gasteiger partial charge in [0, 0.05) is 22.7 Å². The summed E-state index contributed by atoms with van der Waals surface area (Å²) in [6.07, 6.45) is 2.80. The summed E-state index contributed by atoms with van der Waals surface area (Å²) in [4.78, 5) is 15.1. The third-order valence-corrected chi connectivity index (χ3v) is 6.50. The maximum atomic E-state index is 12.6. The van der Waals surface area contributed by atoms with Crippen LogP contribution in [0.5, 0.6) is 5.75 Å². The molecule has 0 unspecified atom stereocenters. The number of nitrogens with zero attached hydrogens (tertiary/aromatic N) is 2. The van der Waals surface area contributed by atoms with Gasteiger partial charge in [0.15, 0.2) is 17.1 Å². The average molecular weight is 448 g/mol. The second-order valence-corrected chi connectivity index (χ2v) is 9.84. The third kappa shape index (κ3) is 4.22. The van der Waals surface area contributed by atoms with Crippen molar-refractivity contribution in [1.82, 2.24) is 5.43 Å². The number of hydrogen-bond donors (Lipinski definition) is 1. The van der Waals surface area contributed by atoms with E-state index in [1.807, 2.05) is 12.1 Å². The number of anilines is 1. The van der Waals surface area contributed by atoms with E-state index in [-0.39, 0.29) is 11.3 Å². The Morgan fingerprint density at radius 2 is 2.06 bits per heavy atom. The molecule has 0 aliphatic carbocycles. The molecule has 6 heteroatoms. The predicted molar refractivity (Wildman–Crippen MR) is 134 cm³/mol. The van der Waals surface area contributed by atoms with Crippen LogP contribution >= 0.6 is 0 Å². The molecule has 0 spiro atoms. The molecule has 0 saturated carbocycles. The number of furan rings is 1. The summed E-state index contributed by atoms with van der Waals surface area (Å²) in [5.41, 5.74) is 7.98. The number of rotatable bonds is 5. The first-order valence-electron chi connectivity index (χ1n) is 11.5. The first-order chi connectivity index (χ1) is 15.6. The maximum Gasteiger partial charge on any atom is 0.307 e. The number of aryl methyl sites for hydroxylation is 1. The minimum Gasteiger partial charge on any atom is -0.493 e. The molecule has 1 aliphatic rings. The zero-order chi connectivity index (χ0) is 23.9. The van der Waals surface area contributed by atoms with E-state index in [4.69, 9.17) is 9.15 Å². The maximum absolute atomic E-state index is 12.6. The molecule has 2 aromatic carbocycles. The zero-order valence-electron chi connectivity index (χ0n) is 20.5. The van der Waals surface area contributed by atoms with E-state index in [1.54, 1.807) is 25.5 Å². The molecule has 0 bridgehead atoms. The van der Waals surface area contributed by atoms with Crippen molar-refractivity contribution in [2.24, 2.45) is 5.10 Å². The standard InChI is InChI=1S/C27H33N3O3/c1-16(2)30-22-11-17(3)20(12-21(22)18(4)14-27(30,5)6)15-28-29-26(31)24-13-19-9-8-10-23(32-7)25(19)33-24/h8-13,15-16,18H,14H2,1-7H3,(H,29,31)/b28-15-/t18-/m1/s1. The predicted octanol–water partition coefficient (Wildman–Crippen LogP) is 6.01. The molecule has 1 N–H and O–H groups in total. The zero-order valence-corrected chi connectivity index (χ0v) is 20.5. The van der Waals surface area contributed by atoms with Crippen LogP contribution in [0, 0.1) is 6.92 Å². The van der Waals surface area contributed by atoms with Crippen LogP contribution in [0.2, 0.25) is 0 Å². The SMILES string of the molecule is COc1cccc2cc(C(=O)N/N=C\c3cc4c(cc3C)N(C(C)C)C(C)(C)C[C@H]4C)oc12. The van der Waals surface area contributed by atoms with Gasteiger partial charge in [-0.3, -0.25) is 4.79 Å². The summed E-state index contributed by atoms with van der Waals surface area (Å²) in [5, 5.41) is 5.02. The Bertz CT molecular complexity index is 1220. The quantitative estimate of drug-likeness (QED) is 0.384. The molecular formula is C27H33N3O3. The van der Waals surface area contributed by atoms with E-state index in [0.717, 1.165) is 22.9 Å².